The Morgan fingerprint density at radius 1 is 1.22 bits per heavy atom. The van der Waals surface area contributed by atoms with Gasteiger partial charge < -0.3 is 5.11 Å². The molecule has 0 bridgehead atoms. The third kappa shape index (κ3) is 3.16. The van der Waals surface area contributed by atoms with Gasteiger partial charge in [-0.15, -0.1) is 11.8 Å². The molecule has 18 heavy (non-hydrogen) atoms. The number of aliphatic hydroxyl groups excluding tert-OH is 1. The van der Waals surface area contributed by atoms with Crippen LogP contribution in [0.4, 0.5) is 0 Å². The highest BCUT2D eigenvalue weighted by molar-refractivity contribution is 8.03. The van der Waals surface area contributed by atoms with Crippen molar-refractivity contribution < 1.29 is 9.90 Å². The quantitative estimate of drug-likeness (QED) is 0.892. The van der Waals surface area contributed by atoms with Crippen molar-refractivity contribution >= 4 is 17.5 Å². The molecule has 0 spiro atoms. The first-order chi connectivity index (χ1) is 8.48. The highest BCUT2D eigenvalue weighted by Gasteiger charge is 2.33. The second-order valence-electron chi connectivity index (χ2n) is 5.49. The van der Waals surface area contributed by atoms with Gasteiger partial charge >= 0.3 is 0 Å². The largest absolute Gasteiger partial charge is 0.511 e. The molecule has 0 fully saturated rings. The number of hydrogen-bond donors (Lipinski definition) is 1. The molecule has 1 aliphatic carbocycles. The Morgan fingerprint density at radius 2 is 1.89 bits per heavy atom. The Morgan fingerprint density at radius 3 is 2.50 bits per heavy atom. The van der Waals surface area contributed by atoms with Gasteiger partial charge in [0.15, 0.2) is 5.78 Å². The lowest BCUT2D eigenvalue weighted by Gasteiger charge is -2.29. The van der Waals surface area contributed by atoms with Crippen LogP contribution in [0.1, 0.15) is 32.3 Å². The molecule has 1 aromatic carbocycles. The van der Waals surface area contributed by atoms with Gasteiger partial charge in [-0.3, -0.25) is 4.79 Å². The van der Waals surface area contributed by atoms with Crippen molar-refractivity contribution in [3.63, 3.8) is 0 Å². The average Bonchev–Trinajstić information content (AvgIpc) is 2.27. The Bertz CT molecular complexity index is 475. The van der Waals surface area contributed by atoms with Crippen LogP contribution in [0.15, 0.2) is 41.0 Å². The lowest BCUT2D eigenvalue weighted by atomic mass is 9.79. The molecule has 0 atom stereocenters. The zero-order valence-corrected chi connectivity index (χ0v) is 11.6. The number of carbonyl (C=O) groups excluding carboxylic acids is 1. The smallest absolute Gasteiger partial charge is 0.173 e. The van der Waals surface area contributed by atoms with Crippen LogP contribution in [0.2, 0.25) is 0 Å². The summed E-state index contributed by atoms with van der Waals surface area (Å²) in [5, 5.41) is 9.99. The highest BCUT2D eigenvalue weighted by Crippen LogP contribution is 2.40. The molecule has 2 rings (SSSR count). The zero-order chi connectivity index (χ0) is 13.2. The molecule has 0 radical (unpaired) electrons. The van der Waals surface area contributed by atoms with Gasteiger partial charge in [0.2, 0.25) is 0 Å². The number of thioether (sulfide) groups is 1. The fraction of sp³-hybridized carbons (Fsp3) is 0.400. The van der Waals surface area contributed by atoms with Crippen molar-refractivity contribution in [1.29, 1.82) is 0 Å². The molecule has 0 amide bonds. The van der Waals surface area contributed by atoms with Crippen molar-refractivity contribution in [2.75, 3.05) is 0 Å². The van der Waals surface area contributed by atoms with Gasteiger partial charge in [-0.25, -0.2) is 0 Å². The summed E-state index contributed by atoms with van der Waals surface area (Å²) in [5.74, 6) is 1.06. The summed E-state index contributed by atoms with van der Waals surface area (Å²) in [6.07, 6.45) is 1.12. The number of hydrogen-bond acceptors (Lipinski definition) is 3. The summed E-state index contributed by atoms with van der Waals surface area (Å²) in [4.78, 5) is 12.6. The van der Waals surface area contributed by atoms with Gasteiger partial charge in [-0.1, -0.05) is 44.2 Å². The summed E-state index contributed by atoms with van der Waals surface area (Å²) in [7, 11) is 0. The van der Waals surface area contributed by atoms with E-state index >= 15 is 0 Å². The van der Waals surface area contributed by atoms with E-state index in [0.29, 0.717) is 17.7 Å². The van der Waals surface area contributed by atoms with Gasteiger partial charge in [-0.05, 0) is 11.0 Å². The maximum atomic E-state index is 12.0. The van der Waals surface area contributed by atoms with Crippen LogP contribution in [0.5, 0.6) is 0 Å². The van der Waals surface area contributed by atoms with Crippen LogP contribution in [0.25, 0.3) is 0 Å². The normalized spacial score (nSPS) is 19.1. The van der Waals surface area contributed by atoms with Crippen LogP contribution in [-0.2, 0) is 10.5 Å². The SMILES string of the molecule is CC1(C)CC(=O)C(SCc2ccccc2)=C(O)C1. The molecule has 1 aliphatic rings. The number of benzene rings is 1. The molecule has 96 valence electrons. The summed E-state index contributed by atoms with van der Waals surface area (Å²) in [6.45, 7) is 4.03. The van der Waals surface area contributed by atoms with E-state index in [-0.39, 0.29) is 17.0 Å². The number of ketones is 1. The van der Waals surface area contributed by atoms with Gasteiger partial charge in [0.05, 0.1) is 4.91 Å². The number of rotatable bonds is 3. The maximum absolute atomic E-state index is 12.0. The standard InChI is InChI=1S/C15H18O2S/c1-15(2)8-12(16)14(13(17)9-15)18-10-11-6-4-3-5-7-11/h3-7,16H,8-10H2,1-2H3. The molecule has 1 N–H and O–H groups in total. The molecule has 0 aliphatic heterocycles. The third-order valence-corrected chi connectivity index (χ3v) is 4.26. The van der Waals surface area contributed by atoms with E-state index in [1.807, 2.05) is 44.2 Å². The van der Waals surface area contributed by atoms with E-state index in [1.165, 1.54) is 17.3 Å². The van der Waals surface area contributed by atoms with Gasteiger partial charge in [-0.2, -0.15) is 0 Å². The second kappa shape index (κ2) is 5.19. The van der Waals surface area contributed by atoms with E-state index in [0.717, 1.165) is 5.75 Å². The predicted molar refractivity (Wildman–Crippen MR) is 75.4 cm³/mol. The molecule has 1 aromatic rings. The second-order valence-corrected chi connectivity index (χ2v) is 6.48. The van der Waals surface area contributed by atoms with E-state index < -0.39 is 0 Å². The lowest BCUT2D eigenvalue weighted by molar-refractivity contribution is -0.117. The Balaban J connectivity index is 2.07. The number of aliphatic hydroxyl groups is 1. The van der Waals surface area contributed by atoms with E-state index in [2.05, 4.69) is 0 Å². The number of carbonyl (C=O) groups is 1. The highest BCUT2D eigenvalue weighted by atomic mass is 32.2. The minimum atomic E-state index is -0.113. The molecule has 0 saturated heterocycles. The maximum Gasteiger partial charge on any atom is 0.173 e. The average molecular weight is 262 g/mol. The van der Waals surface area contributed by atoms with Crippen molar-refractivity contribution in [1.82, 2.24) is 0 Å². The Kier molecular flexibility index (Phi) is 3.81. The number of allylic oxidation sites excluding steroid dienone is 2. The molecule has 0 aromatic heterocycles. The van der Waals surface area contributed by atoms with Crippen LogP contribution in [-0.4, -0.2) is 10.9 Å². The minimum absolute atomic E-state index is 0.0738. The Labute approximate surface area is 112 Å². The molecular formula is C15H18O2S. The molecule has 2 nitrogen and oxygen atoms in total. The topological polar surface area (TPSA) is 37.3 Å². The monoisotopic (exact) mass is 262 g/mol. The van der Waals surface area contributed by atoms with E-state index in [1.54, 1.807) is 0 Å². The van der Waals surface area contributed by atoms with Crippen LogP contribution >= 0.6 is 11.8 Å². The molecule has 0 saturated carbocycles. The fourth-order valence-corrected chi connectivity index (χ4v) is 3.14. The molecule has 3 heteroatoms. The summed E-state index contributed by atoms with van der Waals surface area (Å²) < 4.78 is 0. The van der Waals surface area contributed by atoms with Crippen molar-refractivity contribution in [2.24, 2.45) is 5.41 Å². The first kappa shape index (κ1) is 13.2. The van der Waals surface area contributed by atoms with Crippen molar-refractivity contribution in [2.45, 2.75) is 32.4 Å². The minimum Gasteiger partial charge on any atom is -0.511 e. The Hall–Kier alpha value is -1.22. The first-order valence-electron chi connectivity index (χ1n) is 6.10. The van der Waals surface area contributed by atoms with Crippen molar-refractivity contribution in [3.05, 3.63) is 46.6 Å². The summed E-state index contributed by atoms with van der Waals surface area (Å²) in [6, 6.07) is 9.99. The zero-order valence-electron chi connectivity index (χ0n) is 10.8. The van der Waals surface area contributed by atoms with Crippen molar-refractivity contribution in [3.8, 4) is 0 Å². The molecule has 0 heterocycles. The lowest BCUT2D eigenvalue weighted by Crippen LogP contribution is -2.24. The summed E-state index contributed by atoms with van der Waals surface area (Å²) >= 11 is 1.45. The number of Topliss-reactive ketones (excluding diaryl/α,β-unsaturated/α-hetero) is 1. The summed E-state index contributed by atoms with van der Waals surface area (Å²) in [5.41, 5.74) is 1.05. The van der Waals surface area contributed by atoms with Crippen LogP contribution in [0, 0.1) is 5.41 Å². The predicted octanol–water partition coefficient (Wildman–Crippen LogP) is 4.08. The van der Waals surface area contributed by atoms with E-state index in [4.69, 9.17) is 0 Å². The van der Waals surface area contributed by atoms with Gasteiger partial charge in [0, 0.05) is 18.6 Å². The van der Waals surface area contributed by atoms with Crippen LogP contribution in [0.3, 0.4) is 0 Å². The first-order valence-corrected chi connectivity index (χ1v) is 7.08. The van der Waals surface area contributed by atoms with Gasteiger partial charge in [0.1, 0.15) is 5.76 Å². The fourth-order valence-electron chi connectivity index (χ4n) is 2.17. The van der Waals surface area contributed by atoms with E-state index in [9.17, 15) is 9.90 Å². The molecular weight excluding hydrogens is 244 g/mol. The third-order valence-electron chi connectivity index (χ3n) is 3.03. The molecule has 0 unspecified atom stereocenters. The van der Waals surface area contributed by atoms with Gasteiger partial charge in [0.25, 0.3) is 0 Å². The van der Waals surface area contributed by atoms with Crippen LogP contribution < -0.4 is 0 Å².